The summed E-state index contributed by atoms with van der Waals surface area (Å²) in [4.78, 5) is 7.34. The van der Waals surface area contributed by atoms with Crippen LogP contribution in [0.5, 0.6) is 0 Å². The maximum atomic E-state index is 16.0. The molecule has 0 aliphatic heterocycles. The first-order valence-corrected chi connectivity index (χ1v) is 7.71. The van der Waals surface area contributed by atoms with Gasteiger partial charge in [0.15, 0.2) is 22.8 Å². The first kappa shape index (κ1) is 13.6. The summed E-state index contributed by atoms with van der Waals surface area (Å²) in [5.74, 6) is 0.346. The second kappa shape index (κ2) is 4.74. The average Bonchev–Trinajstić information content (AvgIpc) is 3.22. The molecule has 1 fully saturated rings. The van der Waals surface area contributed by atoms with E-state index in [2.05, 4.69) is 25.5 Å². The van der Waals surface area contributed by atoms with Crippen molar-refractivity contribution in [2.45, 2.75) is 37.9 Å². The minimum absolute atomic E-state index is 0.0560. The van der Waals surface area contributed by atoms with E-state index in [1.165, 1.54) is 0 Å². The van der Waals surface area contributed by atoms with E-state index in [0.29, 0.717) is 23.5 Å². The van der Waals surface area contributed by atoms with Crippen molar-refractivity contribution in [2.24, 2.45) is 5.92 Å². The maximum Gasteiger partial charge on any atom is 0.180 e. The molecule has 7 heteroatoms. The van der Waals surface area contributed by atoms with Gasteiger partial charge in [0.1, 0.15) is 0 Å². The van der Waals surface area contributed by atoms with Crippen molar-refractivity contribution in [3.05, 3.63) is 24.3 Å². The van der Waals surface area contributed by atoms with Gasteiger partial charge in [0.05, 0.1) is 11.7 Å². The fourth-order valence-electron chi connectivity index (χ4n) is 3.77. The molecule has 1 aliphatic rings. The van der Waals surface area contributed by atoms with Crippen LogP contribution in [0.25, 0.3) is 16.8 Å². The molecule has 0 saturated heterocycles. The summed E-state index contributed by atoms with van der Waals surface area (Å²) < 4.78 is 17.8. The Bertz CT molecular complexity index is 824. The molecule has 0 unspecified atom stereocenters. The molecular weight excluding hydrogens is 283 g/mol. The third kappa shape index (κ3) is 1.71. The van der Waals surface area contributed by atoms with E-state index < -0.39 is 5.67 Å². The van der Waals surface area contributed by atoms with Gasteiger partial charge in [-0.1, -0.05) is 6.92 Å². The lowest BCUT2D eigenvalue weighted by Gasteiger charge is -2.24. The summed E-state index contributed by atoms with van der Waals surface area (Å²) in [5, 5.41) is 11.5. The minimum atomic E-state index is -1.46. The van der Waals surface area contributed by atoms with Crippen molar-refractivity contribution < 1.29 is 4.39 Å². The highest BCUT2D eigenvalue weighted by atomic mass is 19.1. The molecule has 0 spiro atoms. The first-order valence-electron chi connectivity index (χ1n) is 7.71. The number of rotatable bonds is 3. The summed E-state index contributed by atoms with van der Waals surface area (Å²) in [7, 11) is 1.89. The zero-order chi connectivity index (χ0) is 15.3. The molecule has 0 radical (unpaired) electrons. The van der Waals surface area contributed by atoms with Crippen LogP contribution in [-0.4, -0.2) is 37.7 Å². The summed E-state index contributed by atoms with van der Waals surface area (Å²) in [6.07, 6.45) is 5.46. The molecule has 3 atom stereocenters. The van der Waals surface area contributed by atoms with E-state index in [1.807, 2.05) is 20.0 Å². The molecule has 0 aromatic carbocycles. The fraction of sp³-hybridized carbons (Fsp3) is 0.533. The van der Waals surface area contributed by atoms with Crippen molar-refractivity contribution in [3.8, 4) is 0 Å². The largest absolute Gasteiger partial charge is 0.345 e. The van der Waals surface area contributed by atoms with Gasteiger partial charge in [-0.3, -0.25) is 4.40 Å². The maximum absolute atomic E-state index is 16.0. The summed E-state index contributed by atoms with van der Waals surface area (Å²) in [6, 6.07) is 2.06. The molecule has 6 nitrogen and oxygen atoms in total. The van der Waals surface area contributed by atoms with E-state index in [4.69, 9.17) is 0 Å². The average molecular weight is 302 g/mol. The molecular formula is C15H19FN6. The minimum Gasteiger partial charge on any atom is -0.345 e. The van der Waals surface area contributed by atoms with E-state index in [-0.39, 0.29) is 12.0 Å². The van der Waals surface area contributed by atoms with Crippen molar-refractivity contribution >= 4 is 16.8 Å². The Morgan fingerprint density at radius 2 is 2.36 bits per heavy atom. The summed E-state index contributed by atoms with van der Waals surface area (Å²) in [6.45, 7) is 2.04. The van der Waals surface area contributed by atoms with Crippen LogP contribution in [0.15, 0.2) is 18.5 Å². The highest BCUT2D eigenvalue weighted by Crippen LogP contribution is 2.48. The van der Waals surface area contributed by atoms with E-state index in [0.717, 1.165) is 18.4 Å². The Labute approximate surface area is 127 Å². The molecule has 1 aliphatic carbocycles. The molecule has 3 aromatic rings. The molecule has 3 aromatic heterocycles. The first-order chi connectivity index (χ1) is 10.7. The van der Waals surface area contributed by atoms with E-state index >= 15 is 4.39 Å². The Hall–Kier alpha value is -2.02. The number of hydrogen-bond donors (Lipinski definition) is 2. The van der Waals surface area contributed by atoms with Gasteiger partial charge in [-0.25, -0.2) is 9.37 Å². The van der Waals surface area contributed by atoms with E-state index in [1.54, 1.807) is 16.8 Å². The quantitative estimate of drug-likeness (QED) is 0.778. The SMILES string of the molecule is CC[C@@H]1C[C@H](NC)C[C@]1(F)c1nnc2cnc3[nH]ccc3n12. The lowest BCUT2D eigenvalue weighted by Crippen LogP contribution is -2.29. The fourth-order valence-corrected chi connectivity index (χ4v) is 3.77. The third-order valence-corrected chi connectivity index (χ3v) is 4.97. The van der Waals surface area contributed by atoms with Crippen LogP contribution >= 0.6 is 0 Å². The molecule has 3 heterocycles. The van der Waals surface area contributed by atoms with E-state index in [9.17, 15) is 0 Å². The van der Waals surface area contributed by atoms with Crippen LogP contribution in [0, 0.1) is 5.92 Å². The van der Waals surface area contributed by atoms with Crippen LogP contribution in [0.2, 0.25) is 0 Å². The number of nitrogens with one attached hydrogen (secondary N) is 2. The zero-order valence-corrected chi connectivity index (χ0v) is 12.7. The Balaban J connectivity index is 1.95. The molecule has 0 bridgehead atoms. The molecule has 1 saturated carbocycles. The van der Waals surface area contributed by atoms with Crippen LogP contribution in [-0.2, 0) is 5.67 Å². The van der Waals surface area contributed by atoms with Gasteiger partial charge < -0.3 is 10.3 Å². The number of alkyl halides is 1. The number of aromatic amines is 1. The zero-order valence-electron chi connectivity index (χ0n) is 12.7. The smallest absolute Gasteiger partial charge is 0.180 e. The Kier molecular flexibility index (Phi) is 2.94. The van der Waals surface area contributed by atoms with Gasteiger partial charge in [-0.05, 0) is 26.0 Å². The van der Waals surface area contributed by atoms with Crippen molar-refractivity contribution in [1.82, 2.24) is 29.9 Å². The summed E-state index contributed by atoms with van der Waals surface area (Å²) in [5.41, 5.74) is 0.653. The molecule has 116 valence electrons. The highest BCUT2D eigenvalue weighted by Gasteiger charge is 2.51. The molecule has 2 N–H and O–H groups in total. The second-order valence-corrected chi connectivity index (χ2v) is 6.08. The van der Waals surface area contributed by atoms with Crippen molar-refractivity contribution in [2.75, 3.05) is 7.05 Å². The van der Waals surface area contributed by atoms with Gasteiger partial charge in [0.2, 0.25) is 0 Å². The molecule has 4 rings (SSSR count). The number of hydrogen-bond acceptors (Lipinski definition) is 4. The normalized spacial score (nSPS) is 28.9. The summed E-state index contributed by atoms with van der Waals surface area (Å²) >= 11 is 0. The Morgan fingerprint density at radius 3 is 3.14 bits per heavy atom. The number of H-pyrrole nitrogens is 1. The number of fused-ring (bicyclic) bond motifs is 3. The van der Waals surface area contributed by atoms with Crippen molar-refractivity contribution in [1.29, 1.82) is 0 Å². The Morgan fingerprint density at radius 1 is 1.50 bits per heavy atom. The standard InChI is InChI=1S/C15H19FN6/c1-3-9-6-10(17-2)7-15(9,16)14-21-20-12-8-19-13-11(22(12)14)4-5-18-13/h4-5,8-10,17-18H,3,6-7H2,1-2H3/t9-,10+,15-/m1/s1. The lowest BCUT2D eigenvalue weighted by atomic mass is 9.89. The van der Waals surface area contributed by atoms with Crippen LogP contribution < -0.4 is 5.32 Å². The van der Waals surface area contributed by atoms with Crippen molar-refractivity contribution in [3.63, 3.8) is 0 Å². The van der Waals surface area contributed by atoms with Gasteiger partial charge in [-0.15, -0.1) is 10.2 Å². The molecule has 0 amide bonds. The monoisotopic (exact) mass is 302 g/mol. The van der Waals surface area contributed by atoms with Crippen LogP contribution in [0.3, 0.4) is 0 Å². The van der Waals surface area contributed by atoms with Gasteiger partial charge in [-0.2, -0.15) is 0 Å². The number of nitrogens with zero attached hydrogens (tertiary/aromatic N) is 4. The lowest BCUT2D eigenvalue weighted by molar-refractivity contribution is 0.0924. The predicted molar refractivity (Wildman–Crippen MR) is 81.3 cm³/mol. The van der Waals surface area contributed by atoms with Crippen LogP contribution in [0.1, 0.15) is 32.0 Å². The predicted octanol–water partition coefficient (Wildman–Crippen LogP) is 2.18. The molecule has 22 heavy (non-hydrogen) atoms. The topological polar surface area (TPSA) is 70.9 Å². The van der Waals surface area contributed by atoms with Gasteiger partial charge in [0.25, 0.3) is 0 Å². The van der Waals surface area contributed by atoms with Gasteiger partial charge >= 0.3 is 0 Å². The number of halogens is 1. The highest BCUT2D eigenvalue weighted by molar-refractivity contribution is 5.74. The third-order valence-electron chi connectivity index (χ3n) is 4.97. The van der Waals surface area contributed by atoms with Gasteiger partial charge in [0, 0.05) is 24.6 Å². The van der Waals surface area contributed by atoms with Crippen LogP contribution in [0.4, 0.5) is 4.39 Å². The second-order valence-electron chi connectivity index (χ2n) is 6.08. The number of aromatic nitrogens is 5.